The minimum atomic E-state index is -0.549. The monoisotopic (exact) mass is 339 g/mol. The fraction of sp³-hybridized carbons (Fsp3) is 0.409. The fourth-order valence-electron chi connectivity index (χ4n) is 2.73. The minimum Gasteiger partial charge on any atom is -0.481 e. The van der Waals surface area contributed by atoms with Crippen molar-refractivity contribution >= 4 is 5.91 Å². The van der Waals surface area contributed by atoms with Crippen LogP contribution in [0.25, 0.3) is 0 Å². The normalized spacial score (nSPS) is 13.4. The Kier molecular flexibility index (Phi) is 6.24. The first-order valence-electron chi connectivity index (χ1n) is 8.92. The molecule has 3 nitrogen and oxygen atoms in total. The largest absolute Gasteiger partial charge is 0.481 e. The van der Waals surface area contributed by atoms with Gasteiger partial charge in [-0.3, -0.25) is 4.79 Å². The molecule has 0 saturated carbocycles. The summed E-state index contributed by atoms with van der Waals surface area (Å²) in [6, 6.07) is 14.3. The van der Waals surface area contributed by atoms with Gasteiger partial charge in [0.1, 0.15) is 5.75 Å². The molecule has 0 radical (unpaired) electrons. The number of rotatable bonds is 6. The van der Waals surface area contributed by atoms with E-state index in [2.05, 4.69) is 50.4 Å². The first-order chi connectivity index (χ1) is 11.8. The van der Waals surface area contributed by atoms with E-state index in [1.54, 1.807) is 6.92 Å². The summed E-state index contributed by atoms with van der Waals surface area (Å²) in [4.78, 5) is 12.5. The van der Waals surface area contributed by atoms with Gasteiger partial charge < -0.3 is 10.1 Å². The zero-order chi connectivity index (χ0) is 18.6. The van der Waals surface area contributed by atoms with Gasteiger partial charge in [0.15, 0.2) is 6.10 Å². The molecule has 0 saturated heterocycles. The van der Waals surface area contributed by atoms with Crippen LogP contribution in [0.15, 0.2) is 42.5 Å². The van der Waals surface area contributed by atoms with E-state index < -0.39 is 6.10 Å². The van der Waals surface area contributed by atoms with Crippen LogP contribution >= 0.6 is 0 Å². The lowest BCUT2D eigenvalue weighted by Gasteiger charge is -2.21. The van der Waals surface area contributed by atoms with Gasteiger partial charge in [-0.05, 0) is 56.4 Å². The molecule has 0 heterocycles. The third-order valence-corrected chi connectivity index (χ3v) is 4.40. The van der Waals surface area contributed by atoms with Crippen LogP contribution in [0.2, 0.25) is 0 Å². The van der Waals surface area contributed by atoms with Crippen molar-refractivity contribution in [2.75, 3.05) is 0 Å². The lowest BCUT2D eigenvalue weighted by Crippen LogP contribution is -2.38. The quantitative estimate of drug-likeness (QED) is 0.798. The van der Waals surface area contributed by atoms with Gasteiger partial charge in [-0.1, -0.05) is 55.8 Å². The Morgan fingerprint density at radius 1 is 0.920 bits per heavy atom. The molecular formula is C22H29NO2. The molecule has 0 bridgehead atoms. The van der Waals surface area contributed by atoms with E-state index in [9.17, 15) is 4.79 Å². The molecule has 0 unspecified atom stereocenters. The molecule has 2 aromatic rings. The summed E-state index contributed by atoms with van der Waals surface area (Å²) in [6.45, 7) is 12.1. The van der Waals surface area contributed by atoms with E-state index in [4.69, 9.17) is 4.74 Å². The third-order valence-electron chi connectivity index (χ3n) is 4.40. The Hall–Kier alpha value is -2.29. The van der Waals surface area contributed by atoms with Crippen LogP contribution in [0, 0.1) is 13.8 Å². The number of carbonyl (C=O) groups excluding carboxylic acids is 1. The van der Waals surface area contributed by atoms with E-state index in [-0.39, 0.29) is 11.9 Å². The van der Waals surface area contributed by atoms with E-state index in [0.29, 0.717) is 5.92 Å². The first kappa shape index (κ1) is 19.0. The number of aryl methyl sites for hydroxylation is 2. The predicted molar refractivity (Wildman–Crippen MR) is 103 cm³/mol. The molecule has 2 rings (SSSR count). The zero-order valence-electron chi connectivity index (χ0n) is 16.1. The molecule has 0 aliphatic carbocycles. The van der Waals surface area contributed by atoms with Gasteiger partial charge in [0.2, 0.25) is 0 Å². The van der Waals surface area contributed by atoms with E-state index in [1.807, 2.05) is 32.0 Å². The second kappa shape index (κ2) is 8.19. The molecule has 2 aromatic carbocycles. The minimum absolute atomic E-state index is 0.0544. The van der Waals surface area contributed by atoms with Crippen molar-refractivity contribution in [2.45, 2.75) is 59.6 Å². The maximum Gasteiger partial charge on any atom is 0.261 e. The number of hydrogen-bond acceptors (Lipinski definition) is 2. The summed E-state index contributed by atoms with van der Waals surface area (Å²) in [5.74, 6) is 1.03. The molecule has 0 aliphatic rings. The number of nitrogens with one attached hydrogen (secondary N) is 1. The number of ether oxygens (including phenoxy) is 1. The highest BCUT2D eigenvalue weighted by Crippen LogP contribution is 2.28. The van der Waals surface area contributed by atoms with Crippen molar-refractivity contribution in [1.29, 1.82) is 0 Å². The maximum absolute atomic E-state index is 12.5. The number of amides is 1. The molecule has 0 aromatic heterocycles. The molecule has 134 valence electrons. The first-order valence-corrected chi connectivity index (χ1v) is 8.92. The van der Waals surface area contributed by atoms with Crippen LogP contribution in [0.3, 0.4) is 0 Å². The second-order valence-electron chi connectivity index (χ2n) is 7.10. The topological polar surface area (TPSA) is 38.3 Å². The molecule has 0 spiro atoms. The standard InChI is InChI=1S/C22H29NO2/c1-14(2)20-12-9-16(4)13-21(20)25-18(6)22(24)23-17(5)19-10-7-15(3)8-11-19/h7-14,17-18H,1-6H3,(H,23,24)/t17-,18+/m1/s1. The SMILES string of the molecule is Cc1ccc([C@@H](C)NC(=O)[C@H](C)Oc2cc(C)ccc2C(C)C)cc1. The average Bonchev–Trinajstić information content (AvgIpc) is 2.55. The highest BCUT2D eigenvalue weighted by molar-refractivity contribution is 5.81. The van der Waals surface area contributed by atoms with E-state index >= 15 is 0 Å². The van der Waals surface area contributed by atoms with Gasteiger partial charge in [0.05, 0.1) is 6.04 Å². The van der Waals surface area contributed by atoms with Crippen molar-refractivity contribution in [2.24, 2.45) is 0 Å². The lowest BCUT2D eigenvalue weighted by molar-refractivity contribution is -0.127. The van der Waals surface area contributed by atoms with Crippen molar-refractivity contribution in [1.82, 2.24) is 5.32 Å². The summed E-state index contributed by atoms with van der Waals surface area (Å²) >= 11 is 0. The van der Waals surface area contributed by atoms with Gasteiger partial charge in [-0.2, -0.15) is 0 Å². The van der Waals surface area contributed by atoms with Crippen molar-refractivity contribution in [3.05, 3.63) is 64.7 Å². The van der Waals surface area contributed by atoms with Gasteiger partial charge in [0, 0.05) is 0 Å². The lowest BCUT2D eigenvalue weighted by atomic mass is 10.0. The molecule has 1 N–H and O–H groups in total. The Morgan fingerprint density at radius 3 is 2.12 bits per heavy atom. The molecule has 0 fully saturated rings. The molecule has 2 atom stereocenters. The maximum atomic E-state index is 12.5. The number of carbonyl (C=O) groups is 1. The van der Waals surface area contributed by atoms with Gasteiger partial charge in [-0.25, -0.2) is 0 Å². The summed E-state index contributed by atoms with van der Waals surface area (Å²) in [6.07, 6.45) is -0.549. The Morgan fingerprint density at radius 2 is 1.52 bits per heavy atom. The highest BCUT2D eigenvalue weighted by Gasteiger charge is 2.19. The zero-order valence-corrected chi connectivity index (χ0v) is 16.1. The summed E-state index contributed by atoms with van der Waals surface area (Å²) in [5, 5.41) is 3.04. The summed E-state index contributed by atoms with van der Waals surface area (Å²) in [5.41, 5.74) is 4.54. The van der Waals surface area contributed by atoms with Crippen molar-refractivity contribution in [3.8, 4) is 5.75 Å². The molecule has 0 aliphatic heterocycles. The average molecular weight is 339 g/mol. The molecular weight excluding hydrogens is 310 g/mol. The van der Waals surface area contributed by atoms with Crippen LogP contribution in [0.1, 0.15) is 61.9 Å². The van der Waals surface area contributed by atoms with E-state index in [1.165, 1.54) is 5.56 Å². The number of hydrogen-bond donors (Lipinski definition) is 1. The molecule has 1 amide bonds. The van der Waals surface area contributed by atoms with Crippen molar-refractivity contribution in [3.63, 3.8) is 0 Å². The van der Waals surface area contributed by atoms with Crippen LogP contribution < -0.4 is 10.1 Å². The Bertz CT molecular complexity index is 719. The van der Waals surface area contributed by atoms with Gasteiger partial charge in [-0.15, -0.1) is 0 Å². The summed E-state index contributed by atoms with van der Waals surface area (Å²) in [7, 11) is 0. The highest BCUT2D eigenvalue weighted by atomic mass is 16.5. The van der Waals surface area contributed by atoms with Crippen LogP contribution in [-0.4, -0.2) is 12.0 Å². The molecule has 25 heavy (non-hydrogen) atoms. The second-order valence-corrected chi connectivity index (χ2v) is 7.10. The fourth-order valence-corrected chi connectivity index (χ4v) is 2.73. The molecule has 3 heteroatoms. The third kappa shape index (κ3) is 5.09. The van der Waals surface area contributed by atoms with Gasteiger partial charge >= 0.3 is 0 Å². The van der Waals surface area contributed by atoms with Crippen LogP contribution in [-0.2, 0) is 4.79 Å². The van der Waals surface area contributed by atoms with Crippen LogP contribution in [0.5, 0.6) is 5.75 Å². The Labute approximate surface area is 151 Å². The number of benzene rings is 2. The van der Waals surface area contributed by atoms with E-state index in [0.717, 1.165) is 22.4 Å². The predicted octanol–water partition coefficient (Wildman–Crippen LogP) is 5.07. The van der Waals surface area contributed by atoms with Crippen LogP contribution in [0.4, 0.5) is 0 Å². The smallest absolute Gasteiger partial charge is 0.261 e. The Balaban J connectivity index is 2.05. The van der Waals surface area contributed by atoms with Crippen molar-refractivity contribution < 1.29 is 9.53 Å². The van der Waals surface area contributed by atoms with Gasteiger partial charge in [0.25, 0.3) is 5.91 Å². The summed E-state index contributed by atoms with van der Waals surface area (Å²) < 4.78 is 5.99.